The summed E-state index contributed by atoms with van der Waals surface area (Å²) < 4.78 is 10.1. The Morgan fingerprint density at radius 3 is 2.31 bits per heavy atom. The molecule has 1 aromatic heterocycles. The van der Waals surface area contributed by atoms with E-state index in [1.54, 1.807) is 20.3 Å². The second kappa shape index (κ2) is 7.03. The van der Waals surface area contributed by atoms with E-state index in [0.717, 1.165) is 18.9 Å². The number of methoxy groups -OCH3 is 2. The van der Waals surface area contributed by atoms with Gasteiger partial charge in [0.25, 0.3) is 0 Å². The summed E-state index contributed by atoms with van der Waals surface area (Å²) in [6.45, 7) is 2.85. The van der Waals surface area contributed by atoms with E-state index >= 15 is 0 Å². The van der Waals surface area contributed by atoms with Crippen molar-refractivity contribution in [3.8, 4) is 0 Å². The van der Waals surface area contributed by atoms with Gasteiger partial charge in [-0.15, -0.1) is 0 Å². The van der Waals surface area contributed by atoms with Crippen molar-refractivity contribution in [3.63, 3.8) is 0 Å². The third kappa shape index (κ3) is 4.04. The molecule has 0 atom stereocenters. The van der Waals surface area contributed by atoms with Crippen molar-refractivity contribution in [3.05, 3.63) is 18.2 Å². The highest BCUT2D eigenvalue weighted by atomic mass is 16.5. The second-order valence-corrected chi connectivity index (χ2v) is 3.39. The van der Waals surface area contributed by atoms with Gasteiger partial charge in [0.05, 0.1) is 13.2 Å². The van der Waals surface area contributed by atoms with E-state index in [9.17, 15) is 0 Å². The molecule has 0 fully saturated rings. The number of aromatic nitrogens is 1. The van der Waals surface area contributed by atoms with E-state index < -0.39 is 0 Å². The lowest BCUT2D eigenvalue weighted by Crippen LogP contribution is -2.31. The van der Waals surface area contributed by atoms with Crippen molar-refractivity contribution in [2.45, 2.75) is 0 Å². The van der Waals surface area contributed by atoms with Crippen molar-refractivity contribution >= 4 is 11.6 Å². The van der Waals surface area contributed by atoms with Gasteiger partial charge < -0.3 is 20.1 Å². The lowest BCUT2D eigenvalue weighted by Gasteiger charge is -2.23. The molecule has 0 spiro atoms. The van der Waals surface area contributed by atoms with Crippen LogP contribution in [-0.4, -0.2) is 45.5 Å². The van der Waals surface area contributed by atoms with E-state index in [0.29, 0.717) is 19.0 Å². The van der Waals surface area contributed by atoms with Crippen LogP contribution >= 0.6 is 0 Å². The first-order valence-corrected chi connectivity index (χ1v) is 5.23. The van der Waals surface area contributed by atoms with Crippen LogP contribution in [0.15, 0.2) is 18.2 Å². The lowest BCUT2D eigenvalue weighted by atomic mass is 10.4. The summed E-state index contributed by atoms with van der Waals surface area (Å²) in [5.74, 6) is 1.38. The number of nitrogens with two attached hydrogens (primary N) is 1. The molecule has 0 aliphatic heterocycles. The van der Waals surface area contributed by atoms with Crippen molar-refractivity contribution in [1.82, 2.24) is 4.98 Å². The van der Waals surface area contributed by atoms with E-state index in [4.69, 9.17) is 15.2 Å². The smallest absolute Gasteiger partial charge is 0.131 e. The Labute approximate surface area is 96.2 Å². The molecule has 16 heavy (non-hydrogen) atoms. The highest BCUT2D eigenvalue weighted by Gasteiger charge is 2.07. The summed E-state index contributed by atoms with van der Waals surface area (Å²) >= 11 is 0. The van der Waals surface area contributed by atoms with E-state index in [1.807, 2.05) is 12.1 Å². The topological polar surface area (TPSA) is 60.6 Å². The Kier molecular flexibility index (Phi) is 5.60. The zero-order valence-corrected chi connectivity index (χ0v) is 9.85. The second-order valence-electron chi connectivity index (χ2n) is 3.39. The van der Waals surface area contributed by atoms with Gasteiger partial charge in [-0.1, -0.05) is 6.07 Å². The van der Waals surface area contributed by atoms with Crippen LogP contribution in [0.3, 0.4) is 0 Å². The fraction of sp³-hybridized carbons (Fsp3) is 0.545. The molecule has 0 aliphatic carbocycles. The van der Waals surface area contributed by atoms with Crippen molar-refractivity contribution in [1.29, 1.82) is 0 Å². The van der Waals surface area contributed by atoms with Crippen molar-refractivity contribution < 1.29 is 9.47 Å². The molecule has 0 radical (unpaired) electrons. The maximum atomic E-state index is 5.65. The van der Waals surface area contributed by atoms with E-state index in [-0.39, 0.29) is 0 Å². The predicted octanol–water partition coefficient (Wildman–Crippen LogP) is 0.763. The molecule has 0 bridgehead atoms. The van der Waals surface area contributed by atoms with Gasteiger partial charge in [0.1, 0.15) is 11.6 Å². The molecule has 5 heteroatoms. The zero-order chi connectivity index (χ0) is 11.8. The summed E-state index contributed by atoms with van der Waals surface area (Å²) in [6.07, 6.45) is 0. The fourth-order valence-corrected chi connectivity index (χ4v) is 1.36. The third-order valence-electron chi connectivity index (χ3n) is 2.21. The summed E-state index contributed by atoms with van der Waals surface area (Å²) in [4.78, 5) is 6.36. The monoisotopic (exact) mass is 225 g/mol. The number of anilines is 2. The highest BCUT2D eigenvalue weighted by molar-refractivity contribution is 5.44. The predicted molar refractivity (Wildman–Crippen MR) is 64.6 cm³/mol. The summed E-state index contributed by atoms with van der Waals surface area (Å²) in [7, 11) is 3.36. The Bertz CT molecular complexity index is 299. The Morgan fingerprint density at radius 1 is 1.19 bits per heavy atom. The SMILES string of the molecule is COCCN(CCOC)c1cccc(N)n1. The van der Waals surface area contributed by atoms with Gasteiger partial charge in [-0.05, 0) is 12.1 Å². The van der Waals surface area contributed by atoms with Gasteiger partial charge in [0.2, 0.25) is 0 Å². The van der Waals surface area contributed by atoms with Gasteiger partial charge >= 0.3 is 0 Å². The summed E-state index contributed by atoms with van der Waals surface area (Å²) in [6, 6.07) is 5.60. The average molecular weight is 225 g/mol. The molecule has 0 amide bonds. The average Bonchev–Trinajstić information content (AvgIpc) is 2.29. The fourth-order valence-electron chi connectivity index (χ4n) is 1.36. The maximum Gasteiger partial charge on any atom is 0.131 e. The van der Waals surface area contributed by atoms with Gasteiger partial charge in [-0.2, -0.15) is 0 Å². The minimum atomic E-state index is 0.525. The molecule has 1 heterocycles. The molecule has 1 aromatic rings. The van der Waals surface area contributed by atoms with Crippen LogP contribution in [0, 0.1) is 0 Å². The summed E-state index contributed by atoms with van der Waals surface area (Å²) in [5, 5.41) is 0. The van der Waals surface area contributed by atoms with Crippen molar-refractivity contribution in [2.75, 3.05) is 51.2 Å². The molecule has 1 rings (SSSR count). The number of pyridine rings is 1. The van der Waals surface area contributed by atoms with Crippen LogP contribution in [0.5, 0.6) is 0 Å². The molecule has 0 aromatic carbocycles. The molecule has 90 valence electrons. The largest absolute Gasteiger partial charge is 0.384 e. The van der Waals surface area contributed by atoms with Crippen LogP contribution in [0.25, 0.3) is 0 Å². The quantitative estimate of drug-likeness (QED) is 0.742. The number of hydrogen-bond acceptors (Lipinski definition) is 5. The minimum absolute atomic E-state index is 0.525. The lowest BCUT2D eigenvalue weighted by molar-refractivity contribution is 0.190. The number of ether oxygens (including phenoxy) is 2. The Hall–Kier alpha value is -1.33. The normalized spacial score (nSPS) is 10.4. The van der Waals surface area contributed by atoms with Crippen molar-refractivity contribution in [2.24, 2.45) is 0 Å². The minimum Gasteiger partial charge on any atom is -0.384 e. The van der Waals surface area contributed by atoms with Crippen LogP contribution < -0.4 is 10.6 Å². The van der Waals surface area contributed by atoms with E-state index in [1.165, 1.54) is 0 Å². The molecule has 5 nitrogen and oxygen atoms in total. The number of rotatable bonds is 7. The molecular weight excluding hydrogens is 206 g/mol. The molecule has 2 N–H and O–H groups in total. The first-order valence-electron chi connectivity index (χ1n) is 5.23. The molecule has 0 saturated heterocycles. The zero-order valence-electron chi connectivity index (χ0n) is 9.85. The van der Waals surface area contributed by atoms with Gasteiger partial charge in [0, 0.05) is 27.3 Å². The first-order chi connectivity index (χ1) is 7.77. The van der Waals surface area contributed by atoms with E-state index in [2.05, 4.69) is 9.88 Å². The number of hydrogen-bond donors (Lipinski definition) is 1. The molecule has 0 unspecified atom stereocenters. The maximum absolute atomic E-state index is 5.65. The first kappa shape index (κ1) is 12.7. The Balaban J connectivity index is 2.66. The number of nitrogen functional groups attached to an aromatic ring is 1. The van der Waals surface area contributed by atoms with Crippen LogP contribution in [0.2, 0.25) is 0 Å². The van der Waals surface area contributed by atoms with Gasteiger partial charge in [-0.3, -0.25) is 0 Å². The number of nitrogens with zero attached hydrogens (tertiary/aromatic N) is 2. The van der Waals surface area contributed by atoms with Crippen LogP contribution in [0.1, 0.15) is 0 Å². The Morgan fingerprint density at radius 2 is 1.81 bits per heavy atom. The molecule has 0 aliphatic rings. The van der Waals surface area contributed by atoms with Crippen LogP contribution in [0.4, 0.5) is 11.6 Å². The van der Waals surface area contributed by atoms with Gasteiger partial charge in [-0.25, -0.2) is 4.98 Å². The molecule has 0 saturated carbocycles. The highest BCUT2D eigenvalue weighted by Crippen LogP contribution is 2.11. The summed E-state index contributed by atoms with van der Waals surface area (Å²) in [5.41, 5.74) is 5.65. The molecular formula is C11H19N3O2. The third-order valence-corrected chi connectivity index (χ3v) is 2.21. The van der Waals surface area contributed by atoms with Gasteiger partial charge in [0.15, 0.2) is 0 Å². The van der Waals surface area contributed by atoms with Crippen LogP contribution in [-0.2, 0) is 9.47 Å². The standard InChI is InChI=1S/C11H19N3O2/c1-15-8-6-14(7-9-16-2)11-5-3-4-10(12)13-11/h3-5H,6-9H2,1-2H3,(H2,12,13).